The van der Waals surface area contributed by atoms with Gasteiger partial charge >= 0.3 is 0 Å². The van der Waals surface area contributed by atoms with Crippen LogP contribution in [0, 0.1) is 47.3 Å². The van der Waals surface area contributed by atoms with Gasteiger partial charge in [-0.3, -0.25) is 0 Å². The Bertz CT molecular complexity index is 1150. The van der Waals surface area contributed by atoms with Crippen molar-refractivity contribution in [1.29, 1.82) is 0 Å². The second kappa shape index (κ2) is 9.03. The third kappa shape index (κ3) is 3.85. The molecule has 9 atom stereocenters. The topological polar surface area (TPSA) is 52.1 Å². The smallest absolute Gasteiger partial charge is 0.197 e. The van der Waals surface area contributed by atoms with Gasteiger partial charge in [0.2, 0.25) is 0 Å². The lowest BCUT2D eigenvalue weighted by atomic mass is 9.71. The van der Waals surface area contributed by atoms with Crippen LogP contribution in [0.4, 0.5) is 0 Å². The van der Waals surface area contributed by atoms with Crippen molar-refractivity contribution in [1.82, 2.24) is 10.1 Å². The molecule has 4 aliphatic rings. The van der Waals surface area contributed by atoms with Crippen LogP contribution in [-0.4, -0.2) is 10.1 Å². The van der Waals surface area contributed by atoms with E-state index in [-0.39, 0.29) is 5.92 Å². The monoisotopic (exact) mass is 488 g/mol. The Morgan fingerprint density at radius 1 is 0.861 bits per heavy atom. The van der Waals surface area contributed by atoms with Crippen LogP contribution in [0.3, 0.4) is 0 Å². The van der Waals surface area contributed by atoms with E-state index in [0.29, 0.717) is 65.1 Å². The molecule has 36 heavy (non-hydrogen) atoms. The molecule has 0 aromatic carbocycles. The zero-order valence-electron chi connectivity index (χ0n) is 23.1. The molecule has 4 nitrogen and oxygen atoms in total. The van der Waals surface area contributed by atoms with E-state index in [1.54, 1.807) is 5.57 Å². The summed E-state index contributed by atoms with van der Waals surface area (Å²) < 4.78 is 12.5. The average Bonchev–Trinajstić information content (AvgIpc) is 3.65. The van der Waals surface area contributed by atoms with Crippen LogP contribution in [-0.2, 0) is 0 Å². The van der Waals surface area contributed by atoms with Crippen molar-refractivity contribution < 1.29 is 8.94 Å². The Morgan fingerprint density at radius 3 is 2.28 bits per heavy atom. The predicted molar refractivity (Wildman–Crippen MR) is 143 cm³/mol. The van der Waals surface area contributed by atoms with Crippen LogP contribution >= 0.6 is 0 Å². The predicted octanol–water partition coefficient (Wildman–Crippen LogP) is 8.47. The van der Waals surface area contributed by atoms with Crippen LogP contribution in [0.2, 0.25) is 0 Å². The fourth-order valence-corrected chi connectivity index (χ4v) is 8.63. The number of oxazole rings is 1. The Labute approximate surface area is 217 Å². The Balaban J connectivity index is 1.20. The van der Waals surface area contributed by atoms with Gasteiger partial charge in [-0.25, -0.2) is 4.98 Å². The Hall–Kier alpha value is -2.10. The molecule has 4 aliphatic carbocycles. The molecule has 0 N–H and O–H groups in total. The van der Waals surface area contributed by atoms with Gasteiger partial charge in [-0.15, -0.1) is 0 Å². The first kappa shape index (κ1) is 24.2. The highest BCUT2D eigenvalue weighted by atomic mass is 16.5. The maximum atomic E-state index is 6.55. The van der Waals surface area contributed by atoms with Gasteiger partial charge in [0.15, 0.2) is 5.89 Å². The van der Waals surface area contributed by atoms with Gasteiger partial charge in [0.05, 0.1) is 11.9 Å². The molecule has 2 heterocycles. The minimum absolute atomic E-state index is 0.287. The zero-order valence-corrected chi connectivity index (χ0v) is 23.1. The summed E-state index contributed by atoms with van der Waals surface area (Å²) >= 11 is 0. The van der Waals surface area contributed by atoms with Crippen LogP contribution in [0.1, 0.15) is 115 Å². The molecule has 6 rings (SSSR count). The standard InChI is InChI=1S/C32H44N2O2/c1-16(2)25-14-26(36-34-25)31-24-13-23(29(31)18(5)6)12-22(24)10-19(7)32-33-15-27(35-32)30-21-9-8-20(11-21)28(30)17(3)4/h8-9,12,14-21,23-24,28-31H,10-11,13H2,1-7H3. The number of allylic oxidation sites excluding steroid dienone is 4. The molecule has 9 unspecified atom stereocenters. The maximum absolute atomic E-state index is 6.55. The second-order valence-corrected chi connectivity index (χ2v) is 13.4. The highest BCUT2D eigenvalue weighted by molar-refractivity contribution is 5.32. The number of nitrogens with zero attached hydrogens (tertiary/aromatic N) is 2. The molecule has 2 aromatic rings. The highest BCUT2D eigenvalue weighted by Crippen LogP contribution is 2.60. The number of aromatic nitrogens is 2. The Kier molecular flexibility index (Phi) is 6.08. The molecule has 194 valence electrons. The van der Waals surface area contributed by atoms with Gasteiger partial charge in [0, 0.05) is 23.8 Å². The van der Waals surface area contributed by atoms with Crippen molar-refractivity contribution in [2.45, 2.75) is 91.4 Å². The van der Waals surface area contributed by atoms with E-state index in [9.17, 15) is 0 Å². The molecule has 2 saturated carbocycles. The average molecular weight is 489 g/mol. The van der Waals surface area contributed by atoms with Gasteiger partial charge < -0.3 is 8.94 Å². The molecule has 0 radical (unpaired) electrons. The van der Waals surface area contributed by atoms with E-state index in [1.165, 1.54) is 12.8 Å². The van der Waals surface area contributed by atoms with Crippen molar-refractivity contribution in [2.75, 3.05) is 0 Å². The van der Waals surface area contributed by atoms with Crippen LogP contribution in [0.5, 0.6) is 0 Å². The zero-order chi connectivity index (χ0) is 25.3. The van der Waals surface area contributed by atoms with Gasteiger partial charge in [-0.2, -0.15) is 0 Å². The molecule has 0 amide bonds. The molecule has 0 spiro atoms. The third-order valence-corrected chi connectivity index (χ3v) is 10.1. The summed E-state index contributed by atoms with van der Waals surface area (Å²) in [5.74, 6) is 9.89. The van der Waals surface area contributed by atoms with Crippen molar-refractivity contribution in [3.63, 3.8) is 0 Å². The van der Waals surface area contributed by atoms with E-state index in [2.05, 4.69) is 84.1 Å². The van der Waals surface area contributed by atoms with Crippen molar-refractivity contribution >= 4 is 0 Å². The molecule has 2 fully saturated rings. The first-order valence-corrected chi connectivity index (χ1v) is 14.5. The van der Waals surface area contributed by atoms with Crippen LogP contribution < -0.4 is 0 Å². The lowest BCUT2D eigenvalue weighted by Gasteiger charge is -2.32. The maximum Gasteiger partial charge on any atom is 0.197 e. The van der Waals surface area contributed by atoms with Crippen molar-refractivity contribution in [2.24, 2.45) is 47.3 Å². The minimum atomic E-state index is 0.287. The van der Waals surface area contributed by atoms with E-state index >= 15 is 0 Å². The molecular formula is C32H44N2O2. The first-order valence-electron chi connectivity index (χ1n) is 14.5. The summed E-state index contributed by atoms with van der Waals surface area (Å²) in [5.41, 5.74) is 2.66. The molecule has 0 saturated heterocycles. The van der Waals surface area contributed by atoms with Gasteiger partial charge in [-0.1, -0.05) is 77.4 Å². The fourth-order valence-electron chi connectivity index (χ4n) is 8.63. The van der Waals surface area contributed by atoms with Crippen molar-refractivity contribution in [3.8, 4) is 0 Å². The molecule has 0 aliphatic heterocycles. The fraction of sp³-hybridized carbons (Fsp3) is 0.688. The second-order valence-electron chi connectivity index (χ2n) is 13.4. The summed E-state index contributed by atoms with van der Waals surface area (Å²) in [5, 5.41) is 4.42. The number of fused-ring (bicyclic) bond motifs is 4. The third-order valence-electron chi connectivity index (χ3n) is 10.1. The van der Waals surface area contributed by atoms with E-state index in [0.717, 1.165) is 29.5 Å². The summed E-state index contributed by atoms with van der Waals surface area (Å²) in [7, 11) is 0. The van der Waals surface area contributed by atoms with Crippen LogP contribution in [0.25, 0.3) is 0 Å². The largest absolute Gasteiger partial charge is 0.445 e. The minimum Gasteiger partial charge on any atom is -0.445 e. The summed E-state index contributed by atoms with van der Waals surface area (Å²) in [4.78, 5) is 4.84. The summed E-state index contributed by atoms with van der Waals surface area (Å²) in [6, 6.07) is 2.24. The van der Waals surface area contributed by atoms with Crippen molar-refractivity contribution in [3.05, 3.63) is 59.2 Å². The number of rotatable bonds is 8. The summed E-state index contributed by atoms with van der Waals surface area (Å²) in [6.07, 6.45) is 13.1. The molecule has 2 aromatic heterocycles. The van der Waals surface area contributed by atoms with E-state index in [1.807, 2.05) is 0 Å². The lowest BCUT2D eigenvalue weighted by molar-refractivity contribution is 0.240. The molecular weight excluding hydrogens is 444 g/mol. The summed E-state index contributed by atoms with van der Waals surface area (Å²) in [6.45, 7) is 16.2. The van der Waals surface area contributed by atoms with Crippen LogP contribution in [0.15, 0.2) is 45.0 Å². The van der Waals surface area contributed by atoms with Gasteiger partial charge in [-0.05, 0) is 72.5 Å². The Morgan fingerprint density at radius 2 is 1.58 bits per heavy atom. The van der Waals surface area contributed by atoms with E-state index in [4.69, 9.17) is 13.9 Å². The molecule has 4 bridgehead atoms. The normalized spacial score (nSPS) is 35.7. The van der Waals surface area contributed by atoms with E-state index < -0.39 is 0 Å². The highest BCUT2D eigenvalue weighted by Gasteiger charge is 2.52. The SMILES string of the molecule is CC(C)c1cc(C2C3CC(C=C3CC(C)c3ncc(C4C5C=CC(C5)C4C(C)C)o3)C2C(C)C)on1. The first-order chi connectivity index (χ1) is 17.2. The van der Waals surface area contributed by atoms with Gasteiger partial charge in [0.25, 0.3) is 0 Å². The lowest BCUT2D eigenvalue weighted by Crippen LogP contribution is -2.25. The van der Waals surface area contributed by atoms with Gasteiger partial charge in [0.1, 0.15) is 11.5 Å². The number of hydrogen-bond donors (Lipinski definition) is 0. The quantitative estimate of drug-likeness (QED) is 0.350. The number of hydrogen-bond acceptors (Lipinski definition) is 4. The molecule has 4 heteroatoms.